The fraction of sp³-hybridized carbons (Fsp3) is 0.500. The van der Waals surface area contributed by atoms with Crippen LogP contribution in [0.1, 0.15) is 87.7 Å². The molecule has 0 radical (unpaired) electrons. The zero-order chi connectivity index (χ0) is 32.1. The van der Waals surface area contributed by atoms with Crippen molar-refractivity contribution in [3.63, 3.8) is 0 Å². The summed E-state index contributed by atoms with van der Waals surface area (Å²) in [5, 5.41) is 9.12. The second-order valence-corrected chi connectivity index (χ2v) is 11.8. The first-order valence-corrected chi connectivity index (χ1v) is 15.5. The molecule has 0 heterocycles. The van der Waals surface area contributed by atoms with Gasteiger partial charge >= 0.3 is 11.9 Å². The third kappa shape index (κ3) is 10.1. The van der Waals surface area contributed by atoms with Crippen LogP contribution in [0.2, 0.25) is 0 Å². The maximum Gasteiger partial charge on any atom is 0.335 e. The van der Waals surface area contributed by atoms with E-state index in [1.54, 1.807) is 0 Å². The molecule has 0 bridgehead atoms. The molecule has 0 aromatic heterocycles. The maximum absolute atomic E-state index is 15.6. The molecule has 2 aromatic carbocycles. The topological polar surface area (TPSA) is 82.1 Å². The zero-order valence-corrected chi connectivity index (χ0v) is 26.0. The SMILES string of the molecule is C=C(CO)CC(=O)OCC(COC(=O)C(=C)COC)c1ccc(-c2ccc(C3CCC(CCCCC)CC3)cc2)c(F)c1F. The van der Waals surface area contributed by atoms with Crippen molar-refractivity contribution in [2.75, 3.05) is 33.5 Å². The summed E-state index contributed by atoms with van der Waals surface area (Å²) in [4.78, 5) is 24.5. The minimum Gasteiger partial charge on any atom is -0.465 e. The minimum absolute atomic E-state index is 0.0490. The Bertz CT molecular complexity index is 1260. The highest BCUT2D eigenvalue weighted by Gasteiger charge is 2.26. The molecule has 0 saturated heterocycles. The van der Waals surface area contributed by atoms with Gasteiger partial charge in [-0.25, -0.2) is 13.6 Å². The number of hydrogen-bond acceptors (Lipinski definition) is 6. The predicted octanol–water partition coefficient (Wildman–Crippen LogP) is 7.80. The van der Waals surface area contributed by atoms with Crippen molar-refractivity contribution in [1.29, 1.82) is 0 Å². The summed E-state index contributed by atoms with van der Waals surface area (Å²) >= 11 is 0. The molecule has 0 amide bonds. The molecule has 1 unspecified atom stereocenters. The molecular formula is C36H46F2O6. The quantitative estimate of drug-likeness (QED) is 0.0850. The van der Waals surface area contributed by atoms with Gasteiger partial charge in [0.25, 0.3) is 0 Å². The molecule has 1 N–H and O–H groups in total. The smallest absolute Gasteiger partial charge is 0.335 e. The summed E-state index contributed by atoms with van der Waals surface area (Å²) < 4.78 is 46.5. The number of carbonyl (C=O) groups excluding carboxylic acids is 2. The molecule has 0 aliphatic heterocycles. The number of aliphatic hydroxyl groups excluding tert-OH is 1. The van der Waals surface area contributed by atoms with Crippen LogP contribution in [0.15, 0.2) is 60.7 Å². The Labute approximate surface area is 260 Å². The first kappa shape index (κ1) is 35.1. The highest BCUT2D eigenvalue weighted by atomic mass is 19.2. The number of carbonyl (C=O) groups is 2. The van der Waals surface area contributed by atoms with Crippen LogP contribution in [-0.2, 0) is 23.8 Å². The van der Waals surface area contributed by atoms with Gasteiger partial charge in [0.1, 0.15) is 13.2 Å². The molecule has 3 rings (SSSR count). The van der Waals surface area contributed by atoms with Crippen LogP contribution in [0.4, 0.5) is 8.78 Å². The van der Waals surface area contributed by atoms with Gasteiger partial charge in [-0.3, -0.25) is 4.79 Å². The fourth-order valence-corrected chi connectivity index (χ4v) is 5.75. The average molecular weight is 613 g/mol. The Morgan fingerprint density at radius 1 is 0.955 bits per heavy atom. The van der Waals surface area contributed by atoms with E-state index in [4.69, 9.17) is 19.3 Å². The monoisotopic (exact) mass is 612 g/mol. The van der Waals surface area contributed by atoms with Crippen molar-refractivity contribution in [2.45, 2.75) is 76.5 Å². The van der Waals surface area contributed by atoms with Crippen molar-refractivity contribution in [3.8, 4) is 11.1 Å². The van der Waals surface area contributed by atoms with Crippen molar-refractivity contribution in [2.24, 2.45) is 5.92 Å². The number of benzene rings is 2. The Kier molecular flexibility index (Phi) is 14.2. The van der Waals surface area contributed by atoms with Crippen molar-refractivity contribution >= 4 is 11.9 Å². The Morgan fingerprint density at radius 3 is 2.27 bits per heavy atom. The van der Waals surface area contributed by atoms with E-state index in [0.717, 1.165) is 18.8 Å². The van der Waals surface area contributed by atoms with E-state index >= 15 is 8.78 Å². The van der Waals surface area contributed by atoms with Crippen LogP contribution < -0.4 is 0 Å². The van der Waals surface area contributed by atoms with Crippen LogP contribution >= 0.6 is 0 Å². The van der Waals surface area contributed by atoms with Gasteiger partial charge in [0.05, 0.1) is 31.1 Å². The third-order valence-electron chi connectivity index (χ3n) is 8.39. The van der Waals surface area contributed by atoms with E-state index < -0.39 is 29.5 Å². The number of halogens is 2. The molecule has 0 spiro atoms. The molecule has 240 valence electrons. The molecule has 44 heavy (non-hydrogen) atoms. The third-order valence-corrected chi connectivity index (χ3v) is 8.39. The second-order valence-electron chi connectivity index (χ2n) is 11.8. The predicted molar refractivity (Wildman–Crippen MR) is 167 cm³/mol. The summed E-state index contributed by atoms with van der Waals surface area (Å²) in [5.41, 5.74) is 2.08. The molecule has 1 fully saturated rings. The number of esters is 2. The molecular weight excluding hydrogens is 566 g/mol. The molecule has 1 aliphatic rings. The van der Waals surface area contributed by atoms with Crippen molar-refractivity contribution in [3.05, 3.63) is 83.5 Å². The lowest BCUT2D eigenvalue weighted by atomic mass is 9.77. The largest absolute Gasteiger partial charge is 0.465 e. The van der Waals surface area contributed by atoms with Gasteiger partial charge in [-0.15, -0.1) is 0 Å². The number of hydrogen-bond donors (Lipinski definition) is 1. The molecule has 6 nitrogen and oxygen atoms in total. The summed E-state index contributed by atoms with van der Waals surface area (Å²) in [6, 6.07) is 10.6. The van der Waals surface area contributed by atoms with Crippen LogP contribution in [0, 0.1) is 17.6 Å². The standard InChI is InChI=1S/C36H46F2O6/c1-5-6-7-8-26-9-11-27(12-10-26)28-13-15-29(16-14-28)31-17-18-32(35(38)34(31)37)30(22-43-33(40)19-24(2)20-39)23-44-36(41)25(3)21-42-4/h13-18,26-27,30,39H,2-3,5-12,19-23H2,1,4H3. The van der Waals surface area contributed by atoms with E-state index in [-0.39, 0.29) is 55.1 Å². The van der Waals surface area contributed by atoms with Gasteiger partial charge < -0.3 is 19.3 Å². The number of rotatable bonds is 17. The molecule has 1 aliphatic carbocycles. The number of methoxy groups -OCH3 is 1. The first-order chi connectivity index (χ1) is 21.2. The van der Waals surface area contributed by atoms with Gasteiger partial charge in [0, 0.05) is 18.2 Å². The van der Waals surface area contributed by atoms with Crippen LogP contribution in [0.3, 0.4) is 0 Å². The second kappa shape index (κ2) is 17.8. The molecule has 2 aromatic rings. The highest BCUT2D eigenvalue weighted by molar-refractivity contribution is 5.88. The Balaban J connectivity index is 1.73. The lowest BCUT2D eigenvalue weighted by Gasteiger charge is -2.29. The molecule has 8 heteroatoms. The maximum atomic E-state index is 15.6. The Hall–Kier alpha value is -3.36. The zero-order valence-electron chi connectivity index (χ0n) is 26.0. The van der Waals surface area contributed by atoms with E-state index in [1.165, 1.54) is 63.3 Å². The van der Waals surface area contributed by atoms with Gasteiger partial charge in [-0.05, 0) is 54.2 Å². The van der Waals surface area contributed by atoms with Crippen LogP contribution in [0.5, 0.6) is 0 Å². The summed E-state index contributed by atoms with van der Waals surface area (Å²) in [6.07, 6.45) is 9.70. The van der Waals surface area contributed by atoms with E-state index in [9.17, 15) is 9.59 Å². The lowest BCUT2D eigenvalue weighted by Crippen LogP contribution is -2.22. The van der Waals surface area contributed by atoms with Crippen molar-refractivity contribution in [1.82, 2.24) is 0 Å². The molecule has 1 saturated carbocycles. The first-order valence-electron chi connectivity index (χ1n) is 15.5. The van der Waals surface area contributed by atoms with Gasteiger partial charge in [-0.1, -0.05) is 82.2 Å². The number of unbranched alkanes of at least 4 members (excludes halogenated alkanes) is 2. The van der Waals surface area contributed by atoms with Crippen LogP contribution in [-0.4, -0.2) is 50.6 Å². The van der Waals surface area contributed by atoms with Gasteiger partial charge in [0.2, 0.25) is 0 Å². The lowest BCUT2D eigenvalue weighted by molar-refractivity contribution is -0.145. The number of ether oxygens (including phenoxy) is 3. The van der Waals surface area contributed by atoms with E-state index in [0.29, 0.717) is 11.5 Å². The van der Waals surface area contributed by atoms with Gasteiger partial charge in [0.15, 0.2) is 11.6 Å². The molecule has 1 atom stereocenters. The van der Waals surface area contributed by atoms with Gasteiger partial charge in [-0.2, -0.15) is 0 Å². The number of aliphatic hydroxyl groups is 1. The summed E-state index contributed by atoms with van der Waals surface area (Å²) in [7, 11) is 1.40. The summed E-state index contributed by atoms with van der Waals surface area (Å²) in [5.74, 6) is -3.32. The highest BCUT2D eigenvalue weighted by Crippen LogP contribution is 2.39. The van der Waals surface area contributed by atoms with Crippen LogP contribution in [0.25, 0.3) is 11.1 Å². The Morgan fingerprint density at radius 2 is 1.64 bits per heavy atom. The normalized spacial score (nSPS) is 17.1. The van der Waals surface area contributed by atoms with Crippen molar-refractivity contribution < 1.29 is 37.7 Å². The average Bonchev–Trinajstić information content (AvgIpc) is 3.03. The fourth-order valence-electron chi connectivity index (χ4n) is 5.75. The van der Waals surface area contributed by atoms with E-state index in [2.05, 4.69) is 20.1 Å². The summed E-state index contributed by atoms with van der Waals surface area (Å²) in [6.45, 7) is 8.16. The minimum atomic E-state index is -1.11. The van der Waals surface area contributed by atoms with E-state index in [1.807, 2.05) is 24.3 Å².